The molecule has 0 saturated carbocycles. The minimum absolute atomic E-state index is 0.0981. The predicted molar refractivity (Wildman–Crippen MR) is 139 cm³/mol. The Bertz CT molecular complexity index is 1370. The van der Waals surface area contributed by atoms with Gasteiger partial charge in [-0.25, -0.2) is 0 Å². The molecule has 3 N–H and O–H groups in total. The van der Waals surface area contributed by atoms with Crippen molar-refractivity contribution in [2.75, 3.05) is 5.32 Å². The van der Waals surface area contributed by atoms with E-state index in [0.29, 0.717) is 5.92 Å². The van der Waals surface area contributed by atoms with E-state index in [2.05, 4.69) is 106 Å². The van der Waals surface area contributed by atoms with E-state index in [0.717, 1.165) is 6.42 Å². The lowest BCUT2D eigenvalue weighted by molar-refractivity contribution is 0.178. The Labute approximate surface area is 191 Å². The van der Waals surface area contributed by atoms with E-state index in [1.54, 1.807) is 6.20 Å². The molecule has 0 spiro atoms. The highest BCUT2D eigenvalue weighted by molar-refractivity contribution is 6.18. The fraction of sp³-hybridized carbons (Fsp3) is 0.379. The van der Waals surface area contributed by atoms with Gasteiger partial charge < -0.3 is 11.1 Å². The Morgan fingerprint density at radius 2 is 1.72 bits per heavy atom. The number of para-hydroxylation sites is 2. The quantitative estimate of drug-likeness (QED) is 0.349. The molecule has 4 aromatic rings. The lowest BCUT2D eigenvalue weighted by Gasteiger charge is -2.47. The molecule has 166 valence electrons. The van der Waals surface area contributed by atoms with Crippen molar-refractivity contribution in [2.45, 2.75) is 54.0 Å². The topological polar surface area (TPSA) is 42.5 Å². The van der Waals surface area contributed by atoms with Crippen LogP contribution in [0.2, 0.25) is 0 Å². The summed E-state index contributed by atoms with van der Waals surface area (Å²) in [7, 11) is 0. The third-order valence-electron chi connectivity index (χ3n) is 8.35. The van der Waals surface area contributed by atoms with Crippen LogP contribution >= 0.6 is 0 Å². The van der Waals surface area contributed by atoms with Crippen LogP contribution < -0.4 is 11.1 Å². The molecule has 32 heavy (non-hydrogen) atoms. The molecule has 2 atom stereocenters. The van der Waals surface area contributed by atoms with E-state index in [1.807, 2.05) is 0 Å². The van der Waals surface area contributed by atoms with Crippen molar-refractivity contribution >= 4 is 39.1 Å². The molecule has 0 fully saturated rings. The average Bonchev–Trinajstić information content (AvgIpc) is 3.29. The van der Waals surface area contributed by atoms with E-state index in [1.165, 1.54) is 44.1 Å². The van der Waals surface area contributed by atoms with Crippen molar-refractivity contribution in [3.05, 3.63) is 65.9 Å². The number of rotatable bonds is 5. The van der Waals surface area contributed by atoms with Crippen molar-refractivity contribution in [3.8, 4) is 0 Å². The highest BCUT2D eigenvalue weighted by Crippen LogP contribution is 2.51. The average molecular weight is 426 g/mol. The summed E-state index contributed by atoms with van der Waals surface area (Å²) in [5.41, 5.74) is 11.1. The van der Waals surface area contributed by atoms with E-state index in [-0.39, 0.29) is 16.9 Å². The zero-order valence-electron chi connectivity index (χ0n) is 20.2. The van der Waals surface area contributed by atoms with Crippen molar-refractivity contribution in [1.82, 2.24) is 4.40 Å². The smallest absolute Gasteiger partial charge is 0.119 e. The zero-order valence-corrected chi connectivity index (χ0v) is 20.2. The lowest BCUT2D eigenvalue weighted by atomic mass is 9.63. The van der Waals surface area contributed by atoms with Gasteiger partial charge in [0.05, 0.1) is 17.1 Å². The molecule has 1 aliphatic rings. The summed E-state index contributed by atoms with van der Waals surface area (Å²) in [5.74, 6) is 1.75. The summed E-state index contributed by atoms with van der Waals surface area (Å²) in [6, 6.07) is 15.7. The van der Waals surface area contributed by atoms with Crippen LogP contribution in [0.4, 0.5) is 5.82 Å². The van der Waals surface area contributed by atoms with Crippen molar-refractivity contribution < 1.29 is 0 Å². The highest BCUT2D eigenvalue weighted by Gasteiger charge is 2.44. The summed E-state index contributed by atoms with van der Waals surface area (Å²) in [6.07, 6.45) is 7.40. The third-order valence-corrected chi connectivity index (χ3v) is 8.35. The van der Waals surface area contributed by atoms with Gasteiger partial charge in [-0.15, -0.1) is 0 Å². The number of anilines is 1. The molecule has 3 nitrogen and oxygen atoms in total. The van der Waals surface area contributed by atoms with Crippen molar-refractivity contribution in [3.63, 3.8) is 0 Å². The number of benzene rings is 2. The van der Waals surface area contributed by atoms with Crippen LogP contribution in [0.1, 0.15) is 53.5 Å². The van der Waals surface area contributed by atoms with Crippen molar-refractivity contribution in [1.29, 1.82) is 0 Å². The molecule has 5 rings (SSSR count). The maximum absolute atomic E-state index is 5.91. The molecule has 0 saturated heterocycles. The van der Waals surface area contributed by atoms with Gasteiger partial charge in [0.1, 0.15) is 5.82 Å². The number of allylic oxidation sites excluding steroid dienone is 1. The molecule has 0 radical (unpaired) electrons. The van der Waals surface area contributed by atoms with E-state index < -0.39 is 0 Å². The van der Waals surface area contributed by atoms with Gasteiger partial charge >= 0.3 is 0 Å². The number of aromatic nitrogens is 1. The van der Waals surface area contributed by atoms with E-state index in [9.17, 15) is 0 Å². The number of nitrogens with two attached hydrogens (primary N) is 1. The van der Waals surface area contributed by atoms with Crippen LogP contribution in [-0.2, 0) is 0 Å². The highest BCUT2D eigenvalue weighted by atomic mass is 15.1. The second-order valence-electron chi connectivity index (χ2n) is 10.6. The largest absolute Gasteiger partial charge is 0.405 e. The maximum atomic E-state index is 5.91. The summed E-state index contributed by atoms with van der Waals surface area (Å²) in [5, 5.41) is 8.04. The molecule has 2 unspecified atom stereocenters. The first kappa shape index (κ1) is 20.9. The van der Waals surface area contributed by atoms with Crippen LogP contribution in [0.25, 0.3) is 33.3 Å². The molecule has 3 heterocycles. The Kier molecular flexibility index (Phi) is 4.60. The Morgan fingerprint density at radius 1 is 1.03 bits per heavy atom. The molecule has 1 aliphatic heterocycles. The van der Waals surface area contributed by atoms with Crippen molar-refractivity contribution in [2.24, 2.45) is 22.5 Å². The Morgan fingerprint density at radius 3 is 2.41 bits per heavy atom. The minimum atomic E-state index is -0.149. The van der Waals surface area contributed by atoms with Crippen LogP contribution in [0.3, 0.4) is 0 Å². The summed E-state index contributed by atoms with van der Waals surface area (Å²) < 4.78 is 2.46. The zero-order chi connectivity index (χ0) is 22.8. The molecular weight excluding hydrogens is 390 g/mol. The number of fused-ring (bicyclic) bond motifs is 6. The molecular formula is C29H35N3. The first-order valence-electron chi connectivity index (χ1n) is 11.9. The van der Waals surface area contributed by atoms with Gasteiger partial charge in [0.25, 0.3) is 0 Å². The fourth-order valence-corrected chi connectivity index (χ4v) is 5.82. The first-order chi connectivity index (χ1) is 15.2. The Hall–Kier alpha value is -2.94. The van der Waals surface area contributed by atoms with Gasteiger partial charge in [0.2, 0.25) is 0 Å². The maximum Gasteiger partial charge on any atom is 0.119 e. The van der Waals surface area contributed by atoms with Crippen LogP contribution in [0.15, 0.2) is 60.3 Å². The number of nitrogens with zero attached hydrogens (tertiary/aromatic N) is 1. The van der Waals surface area contributed by atoms with Gasteiger partial charge in [-0.2, -0.15) is 0 Å². The number of hydrogen-bond acceptors (Lipinski definition) is 2. The monoisotopic (exact) mass is 425 g/mol. The summed E-state index contributed by atoms with van der Waals surface area (Å²) >= 11 is 0. The van der Waals surface area contributed by atoms with Gasteiger partial charge in [-0.1, -0.05) is 84.0 Å². The molecule has 3 heteroatoms. The SMILES string of the molecule is CCC(C)(C(C)C)C1Nc2c(c3cccc4c5ccccc5n2c34)C=C1C(C)(C)/C=C\N. The molecule has 2 aromatic carbocycles. The van der Waals surface area contributed by atoms with E-state index >= 15 is 0 Å². The third kappa shape index (κ3) is 2.66. The molecule has 0 bridgehead atoms. The lowest BCUT2D eigenvalue weighted by Crippen LogP contribution is -2.47. The fourth-order valence-electron chi connectivity index (χ4n) is 5.82. The van der Waals surface area contributed by atoms with E-state index in [4.69, 9.17) is 5.73 Å². The van der Waals surface area contributed by atoms with Gasteiger partial charge in [-0.3, -0.25) is 4.40 Å². The standard InChI is InChI=1S/C29H35N3/c1-7-29(6,18(2)3)26-23(28(4,5)15-16-30)17-22-21-13-10-12-20-19-11-8-9-14-24(19)32(25(20)21)27(22)31-26/h8-18,26,31H,7,30H2,1-6H3/b16-15-. The van der Waals surface area contributed by atoms with Crippen LogP contribution in [0, 0.1) is 16.7 Å². The minimum Gasteiger partial charge on any atom is -0.405 e. The summed E-state index contributed by atoms with van der Waals surface area (Å²) in [6.45, 7) is 14.0. The second-order valence-corrected chi connectivity index (χ2v) is 10.6. The number of hydrogen-bond donors (Lipinski definition) is 2. The first-order valence-corrected chi connectivity index (χ1v) is 11.9. The molecule has 2 aromatic heterocycles. The number of nitrogens with one attached hydrogen (secondary N) is 1. The van der Waals surface area contributed by atoms with Gasteiger partial charge in [-0.05, 0) is 41.7 Å². The predicted octanol–water partition coefficient (Wildman–Crippen LogP) is 7.43. The van der Waals surface area contributed by atoms with Gasteiger partial charge in [0.15, 0.2) is 0 Å². The molecule has 0 amide bonds. The molecule has 0 aliphatic carbocycles. The normalized spacial score (nSPS) is 19.1. The van der Waals surface area contributed by atoms with Gasteiger partial charge in [0, 0.05) is 27.1 Å². The Balaban J connectivity index is 1.88. The van der Waals surface area contributed by atoms with Crippen LogP contribution in [0.5, 0.6) is 0 Å². The summed E-state index contributed by atoms with van der Waals surface area (Å²) in [4.78, 5) is 0. The van der Waals surface area contributed by atoms with Crippen LogP contribution in [-0.4, -0.2) is 10.4 Å². The second kappa shape index (κ2) is 7.03.